The van der Waals surface area contributed by atoms with Crippen LogP contribution >= 0.6 is 0 Å². The smallest absolute Gasteiger partial charge is 0.303 e. The normalized spacial score (nSPS) is 20.8. The van der Waals surface area contributed by atoms with Crippen molar-refractivity contribution < 1.29 is 9.90 Å². The number of carboxylic acids is 1. The Bertz CT molecular complexity index is 114. The molecule has 1 N–H and O–H groups in total. The van der Waals surface area contributed by atoms with Crippen molar-refractivity contribution in [3.63, 3.8) is 0 Å². The maximum absolute atomic E-state index is 10.3. The van der Waals surface area contributed by atoms with Crippen LogP contribution in [0.1, 0.15) is 32.1 Å². The number of hydrogen-bond donors (Lipinski definition) is 1. The summed E-state index contributed by atoms with van der Waals surface area (Å²) >= 11 is 0. The first-order valence-corrected chi connectivity index (χ1v) is 3.82. The van der Waals surface area contributed by atoms with Crippen molar-refractivity contribution >= 4 is 5.97 Å². The minimum atomic E-state index is -0.652. The van der Waals surface area contributed by atoms with E-state index in [0.717, 1.165) is 12.8 Å². The van der Waals surface area contributed by atoms with Crippen LogP contribution in [0.5, 0.6) is 0 Å². The fraction of sp³-hybridized carbons (Fsp3) is 0.750. The molecular formula is C8H13O2. The Morgan fingerprint density at radius 2 is 2.50 bits per heavy atom. The van der Waals surface area contributed by atoms with Gasteiger partial charge < -0.3 is 5.11 Å². The molecule has 0 aromatic carbocycles. The minimum absolute atomic E-state index is 0.358. The van der Waals surface area contributed by atoms with E-state index >= 15 is 0 Å². The highest BCUT2D eigenvalue weighted by Crippen LogP contribution is 2.25. The molecule has 1 aliphatic rings. The lowest BCUT2D eigenvalue weighted by Crippen LogP contribution is -2.11. The molecule has 57 valence electrons. The predicted molar refractivity (Wildman–Crippen MR) is 38.5 cm³/mol. The molecule has 1 atom stereocenters. The topological polar surface area (TPSA) is 37.3 Å². The summed E-state index contributed by atoms with van der Waals surface area (Å²) in [5.41, 5.74) is 0. The Labute approximate surface area is 61.2 Å². The van der Waals surface area contributed by atoms with Crippen LogP contribution in [0.15, 0.2) is 0 Å². The van der Waals surface area contributed by atoms with Gasteiger partial charge >= 0.3 is 5.97 Å². The second-order valence-electron chi connectivity index (χ2n) is 2.92. The Balaban J connectivity index is 2.19. The zero-order valence-electron chi connectivity index (χ0n) is 6.05. The van der Waals surface area contributed by atoms with Crippen LogP contribution < -0.4 is 0 Å². The van der Waals surface area contributed by atoms with Gasteiger partial charge in [-0.05, 0) is 25.2 Å². The maximum Gasteiger partial charge on any atom is 0.303 e. The van der Waals surface area contributed by atoms with Crippen LogP contribution in [0, 0.1) is 12.3 Å². The zero-order valence-corrected chi connectivity index (χ0v) is 6.05. The number of hydrogen-bond acceptors (Lipinski definition) is 1. The van der Waals surface area contributed by atoms with Gasteiger partial charge in [-0.2, -0.15) is 0 Å². The SMILES string of the molecule is O=C(O)CC1C[CH]CCC1. The predicted octanol–water partition coefficient (Wildman–Crippen LogP) is 1.86. The van der Waals surface area contributed by atoms with Crippen molar-refractivity contribution in [2.75, 3.05) is 0 Å². The van der Waals surface area contributed by atoms with Crippen LogP contribution in [0.25, 0.3) is 0 Å². The zero-order chi connectivity index (χ0) is 7.40. The summed E-state index contributed by atoms with van der Waals surface area (Å²) in [4.78, 5) is 10.3. The highest BCUT2D eigenvalue weighted by atomic mass is 16.4. The molecule has 0 amide bonds. The third-order valence-electron chi connectivity index (χ3n) is 1.98. The Morgan fingerprint density at radius 3 is 3.00 bits per heavy atom. The lowest BCUT2D eigenvalue weighted by molar-refractivity contribution is -0.138. The van der Waals surface area contributed by atoms with Gasteiger partial charge in [-0.25, -0.2) is 0 Å². The first kappa shape index (κ1) is 7.58. The maximum atomic E-state index is 10.3. The Hall–Kier alpha value is -0.530. The van der Waals surface area contributed by atoms with E-state index in [9.17, 15) is 4.79 Å². The molecule has 1 fully saturated rings. The van der Waals surface area contributed by atoms with Gasteiger partial charge in [0.05, 0.1) is 0 Å². The van der Waals surface area contributed by atoms with Crippen molar-refractivity contribution in [3.8, 4) is 0 Å². The molecule has 0 aromatic rings. The molecule has 0 aliphatic heterocycles. The molecule has 0 saturated heterocycles. The van der Waals surface area contributed by atoms with E-state index in [0.29, 0.717) is 12.3 Å². The third kappa shape index (κ3) is 2.38. The molecule has 2 nitrogen and oxygen atoms in total. The monoisotopic (exact) mass is 141 g/mol. The number of aliphatic carboxylic acids is 1. The molecule has 1 radical (unpaired) electrons. The van der Waals surface area contributed by atoms with Crippen molar-refractivity contribution in [2.45, 2.75) is 32.1 Å². The van der Waals surface area contributed by atoms with Crippen molar-refractivity contribution in [1.82, 2.24) is 0 Å². The summed E-state index contributed by atoms with van der Waals surface area (Å²) in [6.07, 6.45) is 7.02. The van der Waals surface area contributed by atoms with Crippen LogP contribution in [0.2, 0.25) is 0 Å². The average Bonchev–Trinajstić information content (AvgIpc) is 1.88. The van der Waals surface area contributed by atoms with Gasteiger partial charge in [-0.3, -0.25) is 4.79 Å². The van der Waals surface area contributed by atoms with Gasteiger partial charge in [-0.1, -0.05) is 12.8 Å². The molecule has 1 aliphatic carbocycles. The molecule has 1 saturated carbocycles. The van der Waals surface area contributed by atoms with Gasteiger partial charge in [-0.15, -0.1) is 0 Å². The third-order valence-corrected chi connectivity index (χ3v) is 1.98. The van der Waals surface area contributed by atoms with E-state index in [4.69, 9.17) is 5.11 Å². The second-order valence-corrected chi connectivity index (χ2v) is 2.92. The molecule has 1 rings (SSSR count). The largest absolute Gasteiger partial charge is 0.481 e. The van der Waals surface area contributed by atoms with E-state index in [-0.39, 0.29) is 0 Å². The first-order valence-electron chi connectivity index (χ1n) is 3.82. The van der Waals surface area contributed by atoms with Gasteiger partial charge in [0.2, 0.25) is 0 Å². The molecular weight excluding hydrogens is 128 g/mol. The number of carbonyl (C=O) groups is 1. The first-order chi connectivity index (χ1) is 4.79. The van der Waals surface area contributed by atoms with Crippen LogP contribution in [-0.2, 0) is 4.79 Å². The Morgan fingerprint density at radius 1 is 1.70 bits per heavy atom. The van der Waals surface area contributed by atoms with Crippen molar-refractivity contribution in [1.29, 1.82) is 0 Å². The molecule has 0 spiro atoms. The summed E-state index contributed by atoms with van der Waals surface area (Å²) in [7, 11) is 0. The van der Waals surface area contributed by atoms with Gasteiger partial charge in [0.15, 0.2) is 0 Å². The highest BCUT2D eigenvalue weighted by molar-refractivity contribution is 5.67. The summed E-state index contributed by atoms with van der Waals surface area (Å²) in [6, 6.07) is 0. The van der Waals surface area contributed by atoms with E-state index in [1.165, 1.54) is 12.8 Å². The highest BCUT2D eigenvalue weighted by Gasteiger charge is 2.15. The minimum Gasteiger partial charge on any atom is -0.481 e. The average molecular weight is 141 g/mol. The van der Waals surface area contributed by atoms with Gasteiger partial charge in [0.1, 0.15) is 0 Å². The summed E-state index contributed by atoms with van der Waals surface area (Å²) in [6.45, 7) is 0. The molecule has 2 heteroatoms. The molecule has 0 aromatic heterocycles. The van der Waals surface area contributed by atoms with E-state index in [2.05, 4.69) is 6.42 Å². The fourth-order valence-electron chi connectivity index (χ4n) is 1.45. The Kier molecular flexibility index (Phi) is 2.72. The lowest BCUT2D eigenvalue weighted by atomic mass is 9.87. The summed E-state index contributed by atoms with van der Waals surface area (Å²) in [5.74, 6) is -0.230. The standard InChI is InChI=1S/C8H13O2/c9-8(10)6-7-4-2-1-3-5-7/h2,7H,1,3-6H2,(H,9,10). The second kappa shape index (κ2) is 3.59. The number of rotatable bonds is 2. The van der Waals surface area contributed by atoms with Crippen LogP contribution in [-0.4, -0.2) is 11.1 Å². The fourth-order valence-corrected chi connectivity index (χ4v) is 1.45. The van der Waals surface area contributed by atoms with E-state index < -0.39 is 5.97 Å². The number of carboxylic acid groups (broad SMARTS) is 1. The summed E-state index contributed by atoms with van der Waals surface area (Å²) < 4.78 is 0. The summed E-state index contributed by atoms with van der Waals surface area (Å²) in [5, 5.41) is 8.45. The molecule has 0 heterocycles. The van der Waals surface area contributed by atoms with Gasteiger partial charge in [0, 0.05) is 6.42 Å². The molecule has 10 heavy (non-hydrogen) atoms. The molecule has 0 bridgehead atoms. The van der Waals surface area contributed by atoms with E-state index in [1.54, 1.807) is 0 Å². The van der Waals surface area contributed by atoms with E-state index in [1.807, 2.05) is 0 Å². The lowest BCUT2D eigenvalue weighted by Gasteiger charge is -2.18. The van der Waals surface area contributed by atoms with Crippen LogP contribution in [0.3, 0.4) is 0 Å². The molecule has 1 unspecified atom stereocenters. The quantitative estimate of drug-likeness (QED) is 0.637. The van der Waals surface area contributed by atoms with Crippen molar-refractivity contribution in [3.05, 3.63) is 6.42 Å². The van der Waals surface area contributed by atoms with Gasteiger partial charge in [0.25, 0.3) is 0 Å². The van der Waals surface area contributed by atoms with Crippen LogP contribution in [0.4, 0.5) is 0 Å². The van der Waals surface area contributed by atoms with Crippen molar-refractivity contribution in [2.24, 2.45) is 5.92 Å².